The highest BCUT2D eigenvalue weighted by atomic mass is 19.3. The number of halogens is 3. The van der Waals surface area contributed by atoms with Gasteiger partial charge in [-0.15, -0.1) is 0 Å². The molecule has 0 saturated heterocycles. The summed E-state index contributed by atoms with van der Waals surface area (Å²) in [6.07, 6.45) is 6.80. The van der Waals surface area contributed by atoms with Crippen LogP contribution in [0.1, 0.15) is 13.3 Å². The van der Waals surface area contributed by atoms with Crippen molar-refractivity contribution in [2.45, 2.75) is 24.9 Å². The van der Waals surface area contributed by atoms with Gasteiger partial charge in [0.05, 0.1) is 0 Å². The topological polar surface area (TPSA) is 0 Å². The van der Waals surface area contributed by atoms with Gasteiger partial charge in [-0.1, -0.05) is 31.7 Å². The molecule has 0 radical (unpaired) electrons. The van der Waals surface area contributed by atoms with Crippen LogP contribution in [0.3, 0.4) is 0 Å². The predicted molar refractivity (Wildman–Crippen MR) is 55.6 cm³/mol. The Morgan fingerprint density at radius 2 is 2.07 bits per heavy atom. The molecule has 0 aliphatic heterocycles. The molecule has 0 amide bonds. The summed E-state index contributed by atoms with van der Waals surface area (Å²) in [5.41, 5.74) is -2.37. The molecule has 0 aromatic rings. The zero-order chi connectivity index (χ0) is 11.5. The molecule has 1 aliphatic rings. The fourth-order valence-corrected chi connectivity index (χ4v) is 1.29. The lowest BCUT2D eigenvalue weighted by molar-refractivity contribution is -0.0484. The number of alkyl halides is 3. The maximum absolute atomic E-state index is 14.0. The van der Waals surface area contributed by atoms with E-state index < -0.39 is 11.6 Å². The van der Waals surface area contributed by atoms with Crippen LogP contribution in [-0.4, -0.2) is 11.6 Å². The molecule has 0 N–H and O–H groups in total. The van der Waals surface area contributed by atoms with Gasteiger partial charge in [-0.2, -0.15) is 8.78 Å². The summed E-state index contributed by atoms with van der Waals surface area (Å²) in [7, 11) is 0. The zero-order valence-corrected chi connectivity index (χ0v) is 8.51. The minimum atomic E-state index is -3.49. The summed E-state index contributed by atoms with van der Waals surface area (Å²) >= 11 is 0. The molecule has 1 unspecified atom stereocenters. The first-order valence-electron chi connectivity index (χ1n) is 4.74. The third-order valence-corrected chi connectivity index (χ3v) is 2.20. The smallest absolute Gasteiger partial charge is 0.228 e. The normalized spacial score (nSPS) is 29.2. The first-order valence-corrected chi connectivity index (χ1v) is 4.74. The largest absolute Gasteiger partial charge is 0.307 e. The molecule has 0 heterocycles. The van der Waals surface area contributed by atoms with Crippen LogP contribution in [-0.2, 0) is 0 Å². The number of allylic oxidation sites excluding steroid dienone is 7. The maximum atomic E-state index is 14.0. The molecule has 82 valence electrons. The second kappa shape index (κ2) is 4.09. The molecule has 0 saturated carbocycles. The van der Waals surface area contributed by atoms with Gasteiger partial charge in [-0.05, 0) is 30.2 Å². The van der Waals surface area contributed by atoms with Crippen LogP contribution in [0.5, 0.6) is 0 Å². The van der Waals surface area contributed by atoms with E-state index in [1.807, 2.05) is 0 Å². The molecule has 1 rings (SSSR count). The average molecular weight is 214 g/mol. The monoisotopic (exact) mass is 214 g/mol. The lowest BCUT2D eigenvalue weighted by Crippen LogP contribution is -2.41. The summed E-state index contributed by atoms with van der Waals surface area (Å²) in [6.45, 7) is 5.18. The minimum absolute atomic E-state index is 0.365. The lowest BCUT2D eigenvalue weighted by atomic mass is 9.89. The van der Waals surface area contributed by atoms with Crippen LogP contribution in [0.25, 0.3) is 0 Å². The van der Waals surface area contributed by atoms with Crippen LogP contribution < -0.4 is 0 Å². The van der Waals surface area contributed by atoms with Gasteiger partial charge in [0.15, 0.2) is 0 Å². The van der Waals surface area contributed by atoms with Gasteiger partial charge < -0.3 is 0 Å². The van der Waals surface area contributed by atoms with Crippen molar-refractivity contribution in [3.05, 3.63) is 48.6 Å². The van der Waals surface area contributed by atoms with E-state index in [-0.39, 0.29) is 0 Å². The summed E-state index contributed by atoms with van der Waals surface area (Å²) in [5, 5.41) is 0. The van der Waals surface area contributed by atoms with Gasteiger partial charge in [0.2, 0.25) is 5.67 Å². The van der Waals surface area contributed by atoms with E-state index in [4.69, 9.17) is 0 Å². The molecule has 1 atom stereocenters. The van der Waals surface area contributed by atoms with Crippen LogP contribution >= 0.6 is 0 Å². The van der Waals surface area contributed by atoms with Crippen molar-refractivity contribution in [1.29, 1.82) is 0 Å². The van der Waals surface area contributed by atoms with Crippen LogP contribution in [0.4, 0.5) is 13.2 Å². The molecule has 0 fully saturated rings. The van der Waals surface area contributed by atoms with Crippen molar-refractivity contribution >= 4 is 0 Å². The Bertz CT molecular complexity index is 337. The third-order valence-electron chi connectivity index (χ3n) is 2.20. The van der Waals surface area contributed by atoms with Crippen molar-refractivity contribution in [3.63, 3.8) is 0 Å². The first-order chi connectivity index (χ1) is 6.95. The fourth-order valence-electron chi connectivity index (χ4n) is 1.29. The maximum Gasteiger partial charge on any atom is 0.307 e. The van der Waals surface area contributed by atoms with Gasteiger partial charge in [0.25, 0.3) is 0 Å². The van der Waals surface area contributed by atoms with Crippen molar-refractivity contribution in [2.75, 3.05) is 0 Å². The Morgan fingerprint density at radius 1 is 1.40 bits per heavy atom. The number of hydrogen-bond acceptors (Lipinski definition) is 0. The van der Waals surface area contributed by atoms with Crippen molar-refractivity contribution in [2.24, 2.45) is 0 Å². The SMILES string of the molecule is C=CC1=CC(F)(C=CCC)C(F)(F)C=C1. The van der Waals surface area contributed by atoms with Crippen LogP contribution in [0.2, 0.25) is 0 Å². The number of rotatable bonds is 3. The van der Waals surface area contributed by atoms with E-state index in [9.17, 15) is 13.2 Å². The second-order valence-electron chi connectivity index (χ2n) is 3.38. The van der Waals surface area contributed by atoms with Gasteiger partial charge in [0.1, 0.15) is 0 Å². The molecule has 0 nitrogen and oxygen atoms in total. The third kappa shape index (κ3) is 2.22. The Balaban J connectivity index is 3.12. The first kappa shape index (κ1) is 11.8. The van der Waals surface area contributed by atoms with E-state index in [1.165, 1.54) is 18.2 Å². The number of hydrogen-bond donors (Lipinski definition) is 0. The van der Waals surface area contributed by atoms with Crippen LogP contribution in [0.15, 0.2) is 48.6 Å². The molecule has 15 heavy (non-hydrogen) atoms. The zero-order valence-electron chi connectivity index (χ0n) is 8.51. The van der Waals surface area contributed by atoms with Gasteiger partial charge >= 0.3 is 5.92 Å². The summed E-state index contributed by atoms with van der Waals surface area (Å²) in [5.74, 6) is -3.49. The van der Waals surface area contributed by atoms with Crippen LogP contribution in [0, 0.1) is 0 Å². The van der Waals surface area contributed by atoms with Crippen molar-refractivity contribution < 1.29 is 13.2 Å². The molecule has 0 spiro atoms. The highest BCUT2D eigenvalue weighted by molar-refractivity contribution is 5.42. The van der Waals surface area contributed by atoms with Crippen molar-refractivity contribution in [1.82, 2.24) is 0 Å². The van der Waals surface area contributed by atoms with E-state index in [0.717, 1.165) is 12.2 Å². The highest BCUT2D eigenvalue weighted by Gasteiger charge is 2.50. The highest BCUT2D eigenvalue weighted by Crippen LogP contribution is 2.40. The van der Waals surface area contributed by atoms with E-state index in [2.05, 4.69) is 6.58 Å². The summed E-state index contributed by atoms with van der Waals surface area (Å²) < 4.78 is 40.6. The molecular formula is C12H13F3. The molecule has 1 aliphatic carbocycles. The average Bonchev–Trinajstić information content (AvgIpc) is 2.19. The molecular weight excluding hydrogens is 201 g/mol. The predicted octanol–water partition coefficient (Wildman–Crippen LogP) is 3.98. The standard InChI is InChI=1S/C12H13F3/c1-3-5-7-11(13)9-10(4-2)6-8-12(11,14)15/h4-9H,2-3H2,1H3. The van der Waals surface area contributed by atoms with Crippen molar-refractivity contribution in [3.8, 4) is 0 Å². The Kier molecular flexibility index (Phi) is 3.22. The Hall–Kier alpha value is -1.25. The van der Waals surface area contributed by atoms with Gasteiger partial charge in [-0.3, -0.25) is 0 Å². The van der Waals surface area contributed by atoms with E-state index >= 15 is 0 Å². The van der Waals surface area contributed by atoms with Gasteiger partial charge in [0, 0.05) is 0 Å². The molecule has 3 heteroatoms. The van der Waals surface area contributed by atoms with Gasteiger partial charge in [-0.25, -0.2) is 4.39 Å². The minimum Gasteiger partial charge on any atom is -0.228 e. The molecule has 0 aromatic heterocycles. The summed E-state index contributed by atoms with van der Waals surface area (Å²) in [6, 6.07) is 0. The molecule has 0 aromatic carbocycles. The lowest BCUT2D eigenvalue weighted by Gasteiger charge is -2.29. The Morgan fingerprint density at radius 3 is 2.60 bits per heavy atom. The molecule has 0 bridgehead atoms. The summed E-state index contributed by atoms with van der Waals surface area (Å²) in [4.78, 5) is 0. The van der Waals surface area contributed by atoms with E-state index in [1.54, 1.807) is 6.92 Å². The Labute approximate surface area is 87.5 Å². The quantitative estimate of drug-likeness (QED) is 0.623. The fraction of sp³-hybridized carbons (Fsp3) is 0.333. The van der Waals surface area contributed by atoms with E-state index in [0.29, 0.717) is 18.1 Å². The second-order valence-corrected chi connectivity index (χ2v) is 3.38.